The summed E-state index contributed by atoms with van der Waals surface area (Å²) in [7, 11) is 0. The van der Waals surface area contributed by atoms with Gasteiger partial charge in [-0.1, -0.05) is 23.7 Å². The first-order valence-electron chi connectivity index (χ1n) is 11.1. The second kappa shape index (κ2) is 11.1. The molecule has 2 amide bonds. The molecule has 0 radical (unpaired) electrons. The van der Waals surface area contributed by atoms with Crippen LogP contribution in [-0.4, -0.2) is 70.9 Å². The zero-order valence-corrected chi connectivity index (χ0v) is 19.0. The van der Waals surface area contributed by atoms with Crippen LogP contribution in [0.2, 0.25) is 5.02 Å². The monoisotopic (exact) mass is 473 g/mol. The molecule has 2 aliphatic rings. The Morgan fingerprint density at radius 1 is 1.18 bits per heavy atom. The first-order chi connectivity index (χ1) is 16.0. The minimum atomic E-state index is -0.775. The number of β-amino-alcohol motifs (C(OH)–C–C–N with tert-alkyl or cyclic N) is 1. The van der Waals surface area contributed by atoms with Gasteiger partial charge in [0.25, 0.3) is 5.91 Å². The summed E-state index contributed by atoms with van der Waals surface area (Å²) in [5.74, 6) is -0.291. The fourth-order valence-corrected chi connectivity index (χ4v) is 4.44. The maximum Gasteiger partial charge on any atom is 0.255 e. The standard InChI is InChI=1S/C24H28ClN3O5/c25-18-5-3-16(4-6-18)11-27-23(30)10-20-7-8-21-22(33-20)15-32-14-19(29)13-28(21)24(31)17-2-1-9-26-12-17/h1-6,9,12,19-22,29H,7-8,10-11,13-15H2,(H,27,30)/t19-,20-,21-,22+/m1/s1. The summed E-state index contributed by atoms with van der Waals surface area (Å²) in [4.78, 5) is 31.4. The van der Waals surface area contributed by atoms with Gasteiger partial charge in [-0.2, -0.15) is 0 Å². The molecule has 4 rings (SSSR count). The number of hydrogen-bond donors (Lipinski definition) is 2. The number of nitrogens with one attached hydrogen (secondary N) is 1. The highest BCUT2D eigenvalue weighted by Gasteiger charge is 2.40. The van der Waals surface area contributed by atoms with E-state index in [1.165, 1.54) is 6.20 Å². The molecule has 2 saturated heterocycles. The van der Waals surface area contributed by atoms with Crippen molar-refractivity contribution in [3.05, 3.63) is 64.9 Å². The molecule has 33 heavy (non-hydrogen) atoms. The van der Waals surface area contributed by atoms with E-state index in [1.807, 2.05) is 12.1 Å². The van der Waals surface area contributed by atoms with Crippen LogP contribution in [-0.2, 0) is 20.8 Å². The van der Waals surface area contributed by atoms with Crippen LogP contribution in [0.5, 0.6) is 0 Å². The molecule has 8 nitrogen and oxygen atoms in total. The smallest absolute Gasteiger partial charge is 0.255 e. The number of aliphatic hydroxyl groups excluding tert-OH is 1. The van der Waals surface area contributed by atoms with Crippen molar-refractivity contribution >= 4 is 23.4 Å². The van der Waals surface area contributed by atoms with E-state index in [9.17, 15) is 14.7 Å². The molecule has 4 atom stereocenters. The number of benzene rings is 1. The second-order valence-corrected chi connectivity index (χ2v) is 8.88. The van der Waals surface area contributed by atoms with Gasteiger partial charge in [-0.25, -0.2) is 0 Å². The summed E-state index contributed by atoms with van der Waals surface area (Å²) in [6.07, 6.45) is 3.24. The van der Waals surface area contributed by atoms with Crippen LogP contribution in [0.25, 0.3) is 0 Å². The number of amides is 2. The molecule has 2 N–H and O–H groups in total. The Labute approximate surface area is 197 Å². The molecule has 1 aromatic carbocycles. The Kier molecular flexibility index (Phi) is 7.93. The zero-order chi connectivity index (χ0) is 23.2. The minimum Gasteiger partial charge on any atom is -0.389 e. The first-order valence-corrected chi connectivity index (χ1v) is 11.5. The van der Waals surface area contributed by atoms with Gasteiger partial charge >= 0.3 is 0 Å². The number of aliphatic hydroxyl groups is 1. The van der Waals surface area contributed by atoms with E-state index >= 15 is 0 Å². The number of nitrogens with zero attached hydrogens (tertiary/aromatic N) is 2. The quantitative estimate of drug-likeness (QED) is 0.690. The van der Waals surface area contributed by atoms with Gasteiger partial charge in [0.2, 0.25) is 5.91 Å². The van der Waals surface area contributed by atoms with E-state index in [0.717, 1.165) is 5.56 Å². The molecule has 3 heterocycles. The Hall–Kier alpha value is -2.52. The lowest BCUT2D eigenvalue weighted by Crippen LogP contribution is -2.57. The maximum absolute atomic E-state index is 13.2. The van der Waals surface area contributed by atoms with E-state index in [-0.39, 0.29) is 56.2 Å². The molecular formula is C24H28ClN3O5. The van der Waals surface area contributed by atoms with Crippen LogP contribution in [0.3, 0.4) is 0 Å². The lowest BCUT2D eigenvalue weighted by atomic mass is 9.94. The first kappa shape index (κ1) is 23.6. The molecule has 2 fully saturated rings. The second-order valence-electron chi connectivity index (χ2n) is 8.44. The molecule has 2 aromatic rings. The van der Waals surface area contributed by atoms with Crippen LogP contribution in [0.4, 0.5) is 0 Å². The van der Waals surface area contributed by atoms with Gasteiger partial charge in [0.05, 0.1) is 43.4 Å². The van der Waals surface area contributed by atoms with E-state index in [4.69, 9.17) is 21.1 Å². The van der Waals surface area contributed by atoms with Crippen LogP contribution < -0.4 is 5.32 Å². The average molecular weight is 474 g/mol. The molecule has 176 valence electrons. The van der Waals surface area contributed by atoms with Crippen LogP contribution >= 0.6 is 11.6 Å². The highest BCUT2D eigenvalue weighted by atomic mass is 35.5. The zero-order valence-electron chi connectivity index (χ0n) is 18.2. The highest BCUT2D eigenvalue weighted by Crippen LogP contribution is 2.28. The van der Waals surface area contributed by atoms with Crippen LogP contribution in [0, 0.1) is 0 Å². The Morgan fingerprint density at radius 3 is 2.76 bits per heavy atom. The fraction of sp³-hybridized carbons (Fsp3) is 0.458. The van der Waals surface area contributed by atoms with Gasteiger partial charge in [-0.05, 0) is 42.7 Å². The topological polar surface area (TPSA) is 101 Å². The summed E-state index contributed by atoms with van der Waals surface area (Å²) in [6.45, 7) is 0.949. The molecule has 1 aromatic heterocycles. The van der Waals surface area contributed by atoms with E-state index < -0.39 is 6.10 Å². The number of rotatable bonds is 5. The van der Waals surface area contributed by atoms with Crippen molar-refractivity contribution in [1.82, 2.24) is 15.2 Å². The number of fused-ring (bicyclic) bond motifs is 1. The summed E-state index contributed by atoms with van der Waals surface area (Å²) >= 11 is 5.90. The molecule has 9 heteroatoms. The number of carbonyl (C=O) groups is 2. The maximum atomic E-state index is 13.2. The van der Waals surface area contributed by atoms with Gasteiger partial charge in [0.15, 0.2) is 0 Å². The third-order valence-corrected chi connectivity index (χ3v) is 6.22. The van der Waals surface area contributed by atoms with Crippen molar-refractivity contribution in [3.63, 3.8) is 0 Å². The number of pyridine rings is 1. The molecule has 0 aliphatic carbocycles. The fourth-order valence-electron chi connectivity index (χ4n) is 4.31. The van der Waals surface area contributed by atoms with Crippen molar-refractivity contribution in [1.29, 1.82) is 0 Å². The Balaban J connectivity index is 1.37. The van der Waals surface area contributed by atoms with Crippen molar-refractivity contribution in [2.45, 2.75) is 50.2 Å². The number of hydrogen-bond acceptors (Lipinski definition) is 6. The Morgan fingerprint density at radius 2 is 2.00 bits per heavy atom. The number of carbonyl (C=O) groups excluding carboxylic acids is 2. The predicted molar refractivity (Wildman–Crippen MR) is 122 cm³/mol. The van der Waals surface area contributed by atoms with Gasteiger partial charge in [0.1, 0.15) is 6.10 Å². The minimum absolute atomic E-state index is 0.0983. The van der Waals surface area contributed by atoms with E-state index in [1.54, 1.807) is 35.4 Å². The van der Waals surface area contributed by atoms with Gasteiger partial charge in [-0.3, -0.25) is 14.6 Å². The molecule has 0 saturated carbocycles. The largest absolute Gasteiger partial charge is 0.389 e. The third kappa shape index (κ3) is 6.29. The number of ether oxygens (including phenoxy) is 2. The van der Waals surface area contributed by atoms with Gasteiger partial charge in [-0.15, -0.1) is 0 Å². The van der Waals surface area contributed by atoms with Crippen LogP contribution in [0.1, 0.15) is 35.2 Å². The van der Waals surface area contributed by atoms with Gasteiger partial charge in [0, 0.05) is 30.5 Å². The Bertz CT molecular complexity index is 943. The predicted octanol–water partition coefficient (Wildman–Crippen LogP) is 2.19. The SMILES string of the molecule is O=C(C[C@H]1CC[C@@H]2[C@H](COC[C@H](O)CN2C(=O)c2cccnc2)O1)NCc1ccc(Cl)cc1. The highest BCUT2D eigenvalue weighted by molar-refractivity contribution is 6.30. The lowest BCUT2D eigenvalue weighted by Gasteiger charge is -2.44. The van der Waals surface area contributed by atoms with Crippen molar-refractivity contribution in [3.8, 4) is 0 Å². The molecule has 2 aliphatic heterocycles. The summed E-state index contributed by atoms with van der Waals surface area (Å²) < 4.78 is 11.8. The summed E-state index contributed by atoms with van der Waals surface area (Å²) in [5, 5.41) is 13.8. The average Bonchev–Trinajstić information content (AvgIpc) is 2.82. The molecule has 0 bridgehead atoms. The lowest BCUT2D eigenvalue weighted by molar-refractivity contribution is -0.151. The van der Waals surface area contributed by atoms with Crippen molar-refractivity contribution < 1.29 is 24.2 Å². The van der Waals surface area contributed by atoms with Gasteiger partial charge < -0.3 is 24.8 Å². The van der Waals surface area contributed by atoms with E-state index in [0.29, 0.717) is 30.0 Å². The summed E-state index contributed by atoms with van der Waals surface area (Å²) in [5.41, 5.74) is 1.43. The summed E-state index contributed by atoms with van der Waals surface area (Å²) in [6, 6.07) is 10.5. The molecular weight excluding hydrogens is 446 g/mol. The van der Waals surface area contributed by atoms with Crippen molar-refractivity contribution in [2.75, 3.05) is 19.8 Å². The number of halogens is 1. The van der Waals surface area contributed by atoms with Crippen LogP contribution in [0.15, 0.2) is 48.8 Å². The number of aromatic nitrogens is 1. The normalized spacial score (nSPS) is 25.5. The molecule has 0 spiro atoms. The molecule has 0 unspecified atom stereocenters. The van der Waals surface area contributed by atoms with E-state index in [2.05, 4.69) is 10.3 Å². The van der Waals surface area contributed by atoms with Crippen molar-refractivity contribution in [2.24, 2.45) is 0 Å². The third-order valence-electron chi connectivity index (χ3n) is 5.97.